The number of methoxy groups -OCH3 is 2. The summed E-state index contributed by atoms with van der Waals surface area (Å²) in [6, 6.07) is 2.65. The van der Waals surface area contributed by atoms with Crippen LogP contribution in [0.4, 0.5) is 4.39 Å². The van der Waals surface area contributed by atoms with Crippen molar-refractivity contribution in [1.82, 2.24) is 0 Å². The van der Waals surface area contributed by atoms with Gasteiger partial charge in [0.2, 0.25) is 0 Å². The van der Waals surface area contributed by atoms with Gasteiger partial charge >= 0.3 is 5.97 Å². The maximum atomic E-state index is 13.4. The largest absolute Gasteiger partial charge is 0.496 e. The van der Waals surface area contributed by atoms with Crippen molar-refractivity contribution in [2.45, 2.75) is 19.4 Å². The van der Waals surface area contributed by atoms with Crippen molar-refractivity contribution in [1.29, 1.82) is 0 Å². The number of hydrogen-bond donors (Lipinski definition) is 1. The Kier molecular flexibility index (Phi) is 4.45. The van der Waals surface area contributed by atoms with Gasteiger partial charge in [-0.05, 0) is 24.6 Å². The highest BCUT2D eigenvalue weighted by molar-refractivity contribution is 5.70. The Morgan fingerprint density at radius 3 is 2.65 bits per heavy atom. The number of aryl methyl sites for hydroxylation is 1. The third-order valence-electron chi connectivity index (χ3n) is 2.46. The van der Waals surface area contributed by atoms with Crippen LogP contribution in [-0.4, -0.2) is 25.3 Å². The van der Waals surface area contributed by atoms with Gasteiger partial charge in [-0.2, -0.15) is 0 Å². The van der Waals surface area contributed by atoms with E-state index in [9.17, 15) is 14.3 Å². The summed E-state index contributed by atoms with van der Waals surface area (Å²) < 4.78 is 22.9. The van der Waals surface area contributed by atoms with Crippen LogP contribution < -0.4 is 4.74 Å². The van der Waals surface area contributed by atoms with E-state index >= 15 is 0 Å². The lowest BCUT2D eigenvalue weighted by atomic mass is 10.0. The number of ether oxygens (including phenoxy) is 2. The van der Waals surface area contributed by atoms with E-state index in [1.54, 1.807) is 6.92 Å². The quantitative estimate of drug-likeness (QED) is 0.817. The number of aliphatic hydroxyl groups excluding tert-OH is 1. The molecule has 0 saturated heterocycles. The second-order valence-corrected chi connectivity index (χ2v) is 3.64. The summed E-state index contributed by atoms with van der Waals surface area (Å²) in [4.78, 5) is 11.0. The normalized spacial score (nSPS) is 12.1. The molecule has 1 atom stereocenters. The van der Waals surface area contributed by atoms with Gasteiger partial charge in [-0.1, -0.05) is 0 Å². The predicted molar refractivity (Wildman–Crippen MR) is 59.3 cm³/mol. The lowest BCUT2D eigenvalue weighted by Crippen LogP contribution is -2.09. The molecule has 1 aromatic rings. The molecule has 94 valence electrons. The van der Waals surface area contributed by atoms with Gasteiger partial charge in [0, 0.05) is 5.56 Å². The first kappa shape index (κ1) is 13.4. The lowest BCUT2D eigenvalue weighted by Gasteiger charge is -2.15. The maximum absolute atomic E-state index is 13.4. The highest BCUT2D eigenvalue weighted by Crippen LogP contribution is 2.29. The van der Waals surface area contributed by atoms with Crippen molar-refractivity contribution in [2.75, 3.05) is 14.2 Å². The molecule has 0 aromatic heterocycles. The molecular formula is C12H15FO4. The van der Waals surface area contributed by atoms with Crippen molar-refractivity contribution in [3.8, 4) is 5.75 Å². The fourth-order valence-corrected chi connectivity index (χ4v) is 1.46. The maximum Gasteiger partial charge on any atom is 0.308 e. The van der Waals surface area contributed by atoms with Crippen LogP contribution in [0.3, 0.4) is 0 Å². The number of carbonyl (C=O) groups is 1. The predicted octanol–water partition coefficient (Wildman–Crippen LogP) is 1.74. The number of esters is 1. The molecule has 0 spiro atoms. The minimum atomic E-state index is -1.15. The molecule has 1 aromatic carbocycles. The van der Waals surface area contributed by atoms with Crippen molar-refractivity contribution in [3.63, 3.8) is 0 Å². The topological polar surface area (TPSA) is 55.8 Å². The summed E-state index contributed by atoms with van der Waals surface area (Å²) in [7, 11) is 2.64. The van der Waals surface area contributed by atoms with E-state index in [2.05, 4.69) is 4.74 Å². The number of rotatable bonds is 4. The van der Waals surface area contributed by atoms with Crippen LogP contribution in [0.5, 0.6) is 5.75 Å². The standard InChI is InChI=1S/C12H15FO4/c1-7-4-11(16-2)8(5-9(7)13)10(14)6-12(15)17-3/h4-5,10,14H,6H2,1-3H3/t10-/m1/s1. The first-order chi connectivity index (χ1) is 7.99. The summed E-state index contributed by atoms with van der Waals surface area (Å²) in [6.45, 7) is 1.59. The lowest BCUT2D eigenvalue weighted by molar-refractivity contribution is -0.142. The average molecular weight is 242 g/mol. The van der Waals surface area contributed by atoms with E-state index in [0.29, 0.717) is 11.3 Å². The second-order valence-electron chi connectivity index (χ2n) is 3.64. The zero-order valence-electron chi connectivity index (χ0n) is 9.99. The number of benzene rings is 1. The number of carbonyl (C=O) groups excluding carboxylic acids is 1. The number of halogens is 1. The van der Waals surface area contributed by atoms with Crippen molar-refractivity contribution in [2.24, 2.45) is 0 Å². The van der Waals surface area contributed by atoms with E-state index in [-0.39, 0.29) is 12.0 Å². The zero-order valence-corrected chi connectivity index (χ0v) is 9.99. The smallest absolute Gasteiger partial charge is 0.308 e. The molecule has 0 radical (unpaired) electrons. The van der Waals surface area contributed by atoms with Gasteiger partial charge in [-0.25, -0.2) is 4.39 Å². The van der Waals surface area contributed by atoms with E-state index < -0.39 is 17.9 Å². The Balaban J connectivity index is 3.03. The molecule has 4 nitrogen and oxygen atoms in total. The molecule has 17 heavy (non-hydrogen) atoms. The van der Waals surface area contributed by atoms with Gasteiger partial charge in [0.25, 0.3) is 0 Å². The van der Waals surface area contributed by atoms with E-state index in [0.717, 1.165) is 0 Å². The highest BCUT2D eigenvalue weighted by Gasteiger charge is 2.19. The van der Waals surface area contributed by atoms with E-state index in [4.69, 9.17) is 4.74 Å². The first-order valence-corrected chi connectivity index (χ1v) is 5.08. The molecule has 1 N–H and O–H groups in total. The Morgan fingerprint density at radius 2 is 2.12 bits per heavy atom. The molecule has 0 saturated carbocycles. The zero-order chi connectivity index (χ0) is 13.0. The summed E-state index contributed by atoms with van der Waals surface area (Å²) >= 11 is 0. The van der Waals surface area contributed by atoms with E-state index in [1.165, 1.54) is 26.4 Å². The van der Waals surface area contributed by atoms with Crippen LogP contribution >= 0.6 is 0 Å². The van der Waals surface area contributed by atoms with Crippen LogP contribution in [0.2, 0.25) is 0 Å². The molecule has 0 aliphatic heterocycles. The monoisotopic (exact) mass is 242 g/mol. The minimum Gasteiger partial charge on any atom is -0.496 e. The Labute approximate surface area is 99.0 Å². The van der Waals surface area contributed by atoms with Crippen molar-refractivity contribution >= 4 is 5.97 Å². The summed E-state index contributed by atoms with van der Waals surface area (Å²) in [5, 5.41) is 9.80. The summed E-state index contributed by atoms with van der Waals surface area (Å²) in [6.07, 6.45) is -1.39. The van der Waals surface area contributed by atoms with Gasteiger partial charge in [0.15, 0.2) is 0 Å². The van der Waals surface area contributed by atoms with Gasteiger partial charge in [0.05, 0.1) is 26.7 Å². The molecular weight excluding hydrogens is 227 g/mol. The fourth-order valence-electron chi connectivity index (χ4n) is 1.46. The van der Waals surface area contributed by atoms with E-state index in [1.807, 2.05) is 0 Å². The summed E-state index contributed by atoms with van der Waals surface area (Å²) in [5.74, 6) is -0.675. The minimum absolute atomic E-state index is 0.237. The summed E-state index contributed by atoms with van der Waals surface area (Å²) in [5.41, 5.74) is 0.650. The van der Waals surface area contributed by atoms with Crippen molar-refractivity contribution in [3.05, 3.63) is 29.1 Å². The third-order valence-corrected chi connectivity index (χ3v) is 2.46. The van der Waals surface area contributed by atoms with Crippen LogP contribution in [0.1, 0.15) is 23.7 Å². The molecule has 5 heteroatoms. The molecule has 1 rings (SSSR count). The molecule has 0 bridgehead atoms. The van der Waals surface area contributed by atoms with Gasteiger partial charge in [-0.3, -0.25) is 4.79 Å². The van der Waals surface area contributed by atoms with Crippen molar-refractivity contribution < 1.29 is 23.8 Å². The fraction of sp³-hybridized carbons (Fsp3) is 0.417. The van der Waals surface area contributed by atoms with Crippen LogP contribution in [0.25, 0.3) is 0 Å². The van der Waals surface area contributed by atoms with Crippen LogP contribution in [0, 0.1) is 12.7 Å². The Morgan fingerprint density at radius 1 is 1.47 bits per heavy atom. The second kappa shape index (κ2) is 5.63. The van der Waals surface area contributed by atoms with Gasteiger partial charge in [0.1, 0.15) is 11.6 Å². The number of aliphatic hydroxyl groups is 1. The first-order valence-electron chi connectivity index (χ1n) is 5.08. The molecule has 0 fully saturated rings. The molecule has 0 aliphatic rings. The SMILES string of the molecule is COC(=O)C[C@@H](O)c1cc(F)c(C)cc1OC. The molecule has 0 amide bonds. The Bertz CT molecular complexity index is 417. The Hall–Kier alpha value is -1.62. The highest BCUT2D eigenvalue weighted by atomic mass is 19.1. The van der Waals surface area contributed by atoms with Crippen LogP contribution in [-0.2, 0) is 9.53 Å². The molecule has 0 heterocycles. The average Bonchev–Trinajstić information content (AvgIpc) is 2.31. The number of hydrogen-bond acceptors (Lipinski definition) is 4. The van der Waals surface area contributed by atoms with Gasteiger partial charge < -0.3 is 14.6 Å². The molecule has 0 unspecified atom stereocenters. The van der Waals surface area contributed by atoms with Gasteiger partial charge in [-0.15, -0.1) is 0 Å². The third kappa shape index (κ3) is 3.17. The molecule has 0 aliphatic carbocycles. The van der Waals surface area contributed by atoms with Crippen LogP contribution in [0.15, 0.2) is 12.1 Å².